The van der Waals surface area contributed by atoms with Crippen LogP contribution in [0.2, 0.25) is 0 Å². The van der Waals surface area contributed by atoms with Crippen LogP contribution in [-0.4, -0.2) is 15.0 Å². The van der Waals surface area contributed by atoms with E-state index in [-0.39, 0.29) is 5.41 Å². The number of hydrogen-bond donors (Lipinski definition) is 0. The van der Waals surface area contributed by atoms with E-state index in [0.717, 1.165) is 44.8 Å². The Hall–Kier alpha value is -6.45. The molecular weight excluding hydrogens is 655 g/mol. The van der Waals surface area contributed by atoms with Crippen LogP contribution < -0.4 is 0 Å². The van der Waals surface area contributed by atoms with Crippen molar-refractivity contribution in [1.82, 2.24) is 15.0 Å². The Morgan fingerprint density at radius 1 is 0.389 bits per heavy atom. The molecule has 0 N–H and O–H groups in total. The minimum Gasteiger partial charge on any atom is -0.264 e. The predicted molar refractivity (Wildman–Crippen MR) is 222 cm³/mol. The first-order valence-corrected chi connectivity index (χ1v) is 19.1. The van der Waals surface area contributed by atoms with Crippen molar-refractivity contribution in [3.8, 4) is 78.4 Å². The highest BCUT2D eigenvalue weighted by molar-refractivity contribution is 5.93. The maximum Gasteiger partial charge on any atom is 0.160 e. The molecule has 2 heterocycles. The van der Waals surface area contributed by atoms with E-state index in [9.17, 15) is 0 Å². The van der Waals surface area contributed by atoms with Crippen molar-refractivity contribution in [2.75, 3.05) is 0 Å². The van der Waals surface area contributed by atoms with Crippen LogP contribution in [-0.2, 0) is 5.41 Å². The van der Waals surface area contributed by atoms with Gasteiger partial charge >= 0.3 is 0 Å². The fourth-order valence-corrected chi connectivity index (χ4v) is 8.99. The molecule has 1 fully saturated rings. The highest BCUT2D eigenvalue weighted by Gasteiger charge is 2.44. The van der Waals surface area contributed by atoms with E-state index in [1.807, 2.05) is 30.5 Å². The molecule has 0 saturated heterocycles. The first-order chi connectivity index (χ1) is 26.7. The van der Waals surface area contributed by atoms with Gasteiger partial charge in [0.25, 0.3) is 0 Å². The number of pyridine rings is 1. The number of hydrogen-bond acceptors (Lipinski definition) is 3. The van der Waals surface area contributed by atoms with E-state index in [1.54, 1.807) is 6.20 Å². The Morgan fingerprint density at radius 2 is 0.981 bits per heavy atom. The summed E-state index contributed by atoms with van der Waals surface area (Å²) in [6, 6.07) is 59.0. The molecule has 2 aliphatic rings. The second kappa shape index (κ2) is 13.5. The standard InChI is InChI=1S/C51H39N3/c1-3-13-37(14-4-1)50-53-47(36-26-24-35(25-27-36)42-19-12-30-52-34-42)33-48(54-50)41-18-10-16-39(32-41)38-15-9-17-40(31-38)43-21-11-23-46-49(43)44-20-5-6-22-45(44)51(46)28-7-2-8-29-51/h1,3-6,9-27,30-34H,2,7-8,28-29H2. The third kappa shape index (κ3) is 5.64. The molecular formula is C51H39N3. The molecule has 1 saturated carbocycles. The van der Waals surface area contributed by atoms with Gasteiger partial charge in [-0.3, -0.25) is 4.98 Å². The molecule has 0 unspecified atom stereocenters. The minimum absolute atomic E-state index is 0.141. The number of nitrogens with zero attached hydrogens (tertiary/aromatic N) is 3. The average Bonchev–Trinajstić information content (AvgIpc) is 3.53. The zero-order valence-corrected chi connectivity index (χ0v) is 30.1. The lowest BCUT2D eigenvalue weighted by Gasteiger charge is -2.36. The lowest BCUT2D eigenvalue weighted by Crippen LogP contribution is -2.27. The fraction of sp³-hybridized carbons (Fsp3) is 0.118. The van der Waals surface area contributed by atoms with Crippen LogP contribution in [0.5, 0.6) is 0 Å². The summed E-state index contributed by atoms with van der Waals surface area (Å²) in [5.41, 5.74) is 18.0. The summed E-state index contributed by atoms with van der Waals surface area (Å²) in [5, 5.41) is 0. The van der Waals surface area contributed by atoms with Gasteiger partial charge in [-0.25, -0.2) is 9.97 Å². The monoisotopic (exact) mass is 693 g/mol. The van der Waals surface area contributed by atoms with Crippen molar-refractivity contribution >= 4 is 0 Å². The van der Waals surface area contributed by atoms with Gasteiger partial charge in [0.15, 0.2) is 5.82 Å². The van der Waals surface area contributed by atoms with E-state index >= 15 is 0 Å². The first kappa shape index (κ1) is 32.2. The molecule has 0 atom stereocenters. The molecule has 0 amide bonds. The smallest absolute Gasteiger partial charge is 0.160 e. The molecule has 258 valence electrons. The Kier molecular flexibility index (Phi) is 8.06. The molecule has 3 heteroatoms. The maximum atomic E-state index is 5.15. The molecule has 0 aliphatic heterocycles. The molecule has 0 radical (unpaired) electrons. The number of benzene rings is 6. The fourth-order valence-electron chi connectivity index (χ4n) is 8.99. The van der Waals surface area contributed by atoms with Gasteiger partial charge in [-0.15, -0.1) is 0 Å². The van der Waals surface area contributed by atoms with Crippen molar-refractivity contribution in [2.24, 2.45) is 0 Å². The Balaban J connectivity index is 1.04. The summed E-state index contributed by atoms with van der Waals surface area (Å²) in [6.07, 6.45) is 10.1. The lowest BCUT2D eigenvalue weighted by molar-refractivity contribution is 0.353. The Labute approximate surface area is 317 Å². The number of rotatable bonds is 6. The largest absolute Gasteiger partial charge is 0.264 e. The summed E-state index contributed by atoms with van der Waals surface area (Å²) in [4.78, 5) is 14.5. The zero-order chi connectivity index (χ0) is 35.9. The average molecular weight is 694 g/mol. The van der Waals surface area contributed by atoms with E-state index < -0.39 is 0 Å². The molecule has 3 nitrogen and oxygen atoms in total. The van der Waals surface area contributed by atoms with E-state index in [0.29, 0.717) is 5.82 Å². The molecule has 1 spiro atoms. The van der Waals surface area contributed by atoms with E-state index in [2.05, 4.69) is 145 Å². The molecule has 2 aromatic heterocycles. The quantitative estimate of drug-likeness (QED) is 0.174. The molecule has 2 aliphatic carbocycles. The van der Waals surface area contributed by atoms with Crippen LogP contribution in [0, 0.1) is 0 Å². The third-order valence-corrected chi connectivity index (χ3v) is 11.6. The summed E-state index contributed by atoms with van der Waals surface area (Å²) < 4.78 is 0. The van der Waals surface area contributed by atoms with Crippen LogP contribution in [0.15, 0.2) is 176 Å². The van der Waals surface area contributed by atoms with Crippen LogP contribution in [0.25, 0.3) is 78.4 Å². The van der Waals surface area contributed by atoms with Crippen molar-refractivity contribution in [2.45, 2.75) is 37.5 Å². The summed E-state index contributed by atoms with van der Waals surface area (Å²) in [5.74, 6) is 0.709. The van der Waals surface area contributed by atoms with Crippen molar-refractivity contribution in [1.29, 1.82) is 0 Å². The highest BCUT2D eigenvalue weighted by atomic mass is 14.9. The van der Waals surface area contributed by atoms with Gasteiger partial charge in [-0.05, 0) is 92.7 Å². The first-order valence-electron chi connectivity index (χ1n) is 19.1. The maximum absolute atomic E-state index is 5.15. The summed E-state index contributed by atoms with van der Waals surface area (Å²) >= 11 is 0. The van der Waals surface area contributed by atoms with Crippen LogP contribution >= 0.6 is 0 Å². The highest BCUT2D eigenvalue weighted by Crippen LogP contribution is 2.57. The summed E-state index contributed by atoms with van der Waals surface area (Å²) in [6.45, 7) is 0. The number of fused-ring (bicyclic) bond motifs is 5. The molecule has 8 aromatic rings. The second-order valence-corrected chi connectivity index (χ2v) is 14.7. The van der Waals surface area contributed by atoms with E-state index in [1.165, 1.54) is 71.0 Å². The molecule has 6 aromatic carbocycles. The van der Waals surface area contributed by atoms with Crippen molar-refractivity contribution < 1.29 is 0 Å². The van der Waals surface area contributed by atoms with Gasteiger partial charge < -0.3 is 0 Å². The van der Waals surface area contributed by atoms with Gasteiger partial charge in [0.1, 0.15) is 0 Å². The van der Waals surface area contributed by atoms with Crippen LogP contribution in [0.4, 0.5) is 0 Å². The molecule has 0 bridgehead atoms. The molecule has 54 heavy (non-hydrogen) atoms. The van der Waals surface area contributed by atoms with Crippen molar-refractivity contribution in [3.05, 3.63) is 187 Å². The Morgan fingerprint density at radius 3 is 1.76 bits per heavy atom. The van der Waals surface area contributed by atoms with Crippen molar-refractivity contribution in [3.63, 3.8) is 0 Å². The summed E-state index contributed by atoms with van der Waals surface area (Å²) in [7, 11) is 0. The number of aromatic nitrogens is 3. The van der Waals surface area contributed by atoms with E-state index in [4.69, 9.17) is 9.97 Å². The van der Waals surface area contributed by atoms with Crippen LogP contribution in [0.3, 0.4) is 0 Å². The second-order valence-electron chi connectivity index (χ2n) is 14.7. The lowest BCUT2D eigenvalue weighted by atomic mass is 9.68. The Bertz CT molecular complexity index is 2620. The van der Waals surface area contributed by atoms with Gasteiger partial charge in [-0.1, -0.05) is 159 Å². The van der Waals surface area contributed by atoms with Gasteiger partial charge in [0.05, 0.1) is 11.4 Å². The van der Waals surface area contributed by atoms with Gasteiger partial charge in [0.2, 0.25) is 0 Å². The van der Waals surface area contributed by atoms with Gasteiger partial charge in [0, 0.05) is 34.5 Å². The van der Waals surface area contributed by atoms with Crippen LogP contribution in [0.1, 0.15) is 43.2 Å². The SMILES string of the molecule is c1ccc(-c2nc(-c3ccc(-c4cccnc4)cc3)cc(-c3cccc(-c4cccc(-c5cccc6c5-c5ccccc5C65CCCCC5)c4)c3)n2)cc1. The normalized spacial score (nSPS) is 14.1. The minimum atomic E-state index is 0.141. The topological polar surface area (TPSA) is 38.7 Å². The zero-order valence-electron chi connectivity index (χ0n) is 30.1. The van der Waals surface area contributed by atoms with Gasteiger partial charge in [-0.2, -0.15) is 0 Å². The third-order valence-electron chi connectivity index (χ3n) is 11.6. The molecule has 10 rings (SSSR count). The predicted octanol–water partition coefficient (Wildman–Crippen LogP) is 13.1.